The highest BCUT2D eigenvalue weighted by atomic mass is 16.3. The minimum atomic E-state index is 0.599. The molecule has 0 saturated heterocycles. The van der Waals surface area contributed by atoms with Gasteiger partial charge in [-0.1, -0.05) is 170 Å². The average Bonchev–Trinajstić information content (AvgIpc) is 3.70. The van der Waals surface area contributed by atoms with Gasteiger partial charge in [-0.15, -0.1) is 0 Å². The quantitative estimate of drug-likeness (QED) is 0.164. The van der Waals surface area contributed by atoms with E-state index in [1.54, 1.807) is 0 Å². The fourth-order valence-electron chi connectivity index (χ4n) is 9.05. The van der Waals surface area contributed by atoms with Crippen LogP contribution in [-0.4, -0.2) is 15.0 Å². The smallest absolute Gasteiger partial charge is 0.164 e. The second-order valence-corrected chi connectivity index (χ2v) is 15.1. The molecule has 4 heteroatoms. The number of benzene rings is 10. The third-order valence-corrected chi connectivity index (χ3v) is 11.7. The van der Waals surface area contributed by atoms with Gasteiger partial charge in [0, 0.05) is 27.5 Å². The number of aromatic nitrogens is 3. The van der Waals surface area contributed by atoms with Gasteiger partial charge in [0.25, 0.3) is 0 Å². The summed E-state index contributed by atoms with van der Waals surface area (Å²) in [5.74, 6) is 1.83. The van der Waals surface area contributed by atoms with Crippen LogP contribution in [0.3, 0.4) is 0 Å². The number of para-hydroxylation sites is 1. The number of hydrogen-bond donors (Lipinski definition) is 0. The molecule has 0 atom stereocenters. The van der Waals surface area contributed by atoms with E-state index in [0.29, 0.717) is 17.5 Å². The van der Waals surface area contributed by atoms with Crippen molar-refractivity contribution in [2.24, 2.45) is 0 Å². The van der Waals surface area contributed by atoms with Gasteiger partial charge in [0.15, 0.2) is 17.5 Å². The van der Waals surface area contributed by atoms with Crippen LogP contribution in [0.15, 0.2) is 205 Å². The lowest BCUT2D eigenvalue weighted by Crippen LogP contribution is -2.01. The Bertz CT molecular complexity index is 3610. The lowest BCUT2D eigenvalue weighted by molar-refractivity contribution is 0.669. The van der Waals surface area contributed by atoms with Crippen LogP contribution < -0.4 is 0 Å². The summed E-state index contributed by atoms with van der Waals surface area (Å²) in [6, 6.07) is 70.6. The molecular formula is C55H33N3O. The predicted molar refractivity (Wildman–Crippen MR) is 244 cm³/mol. The first-order valence-electron chi connectivity index (χ1n) is 19.9. The number of nitrogens with zero attached hydrogens (tertiary/aromatic N) is 3. The summed E-state index contributed by atoms with van der Waals surface area (Å²) < 4.78 is 6.29. The van der Waals surface area contributed by atoms with E-state index in [1.807, 2.05) is 48.5 Å². The number of fused-ring (bicyclic) bond motifs is 9. The molecule has 0 aliphatic rings. The van der Waals surface area contributed by atoms with Crippen molar-refractivity contribution in [3.05, 3.63) is 200 Å². The Morgan fingerprint density at radius 3 is 1.39 bits per heavy atom. The van der Waals surface area contributed by atoms with Crippen molar-refractivity contribution in [1.29, 1.82) is 0 Å². The maximum atomic E-state index is 6.29. The van der Waals surface area contributed by atoms with Crippen LogP contribution in [0.5, 0.6) is 0 Å². The van der Waals surface area contributed by atoms with Crippen LogP contribution in [-0.2, 0) is 0 Å². The van der Waals surface area contributed by atoms with Crippen LogP contribution in [0.4, 0.5) is 0 Å². The minimum Gasteiger partial charge on any atom is -0.456 e. The van der Waals surface area contributed by atoms with Crippen LogP contribution in [0, 0.1) is 0 Å². The summed E-state index contributed by atoms with van der Waals surface area (Å²) in [7, 11) is 0. The van der Waals surface area contributed by atoms with Gasteiger partial charge in [0.05, 0.1) is 0 Å². The topological polar surface area (TPSA) is 51.8 Å². The number of furan rings is 1. The third-order valence-electron chi connectivity index (χ3n) is 11.7. The van der Waals surface area contributed by atoms with Crippen LogP contribution in [0.1, 0.15) is 0 Å². The lowest BCUT2D eigenvalue weighted by atomic mass is 9.86. The van der Waals surface area contributed by atoms with Crippen LogP contribution in [0.25, 0.3) is 121 Å². The summed E-state index contributed by atoms with van der Waals surface area (Å²) in [6.45, 7) is 0. The molecule has 2 heterocycles. The van der Waals surface area contributed by atoms with E-state index in [0.717, 1.165) is 55.0 Å². The second kappa shape index (κ2) is 13.3. The van der Waals surface area contributed by atoms with Crippen molar-refractivity contribution in [2.45, 2.75) is 0 Å². The molecule has 0 aliphatic carbocycles. The van der Waals surface area contributed by atoms with E-state index in [4.69, 9.17) is 19.4 Å². The molecule has 4 nitrogen and oxygen atoms in total. The monoisotopic (exact) mass is 751 g/mol. The Morgan fingerprint density at radius 2 is 0.712 bits per heavy atom. The van der Waals surface area contributed by atoms with Gasteiger partial charge in [0.2, 0.25) is 0 Å². The summed E-state index contributed by atoms with van der Waals surface area (Å²) in [6.07, 6.45) is 0. The first kappa shape index (κ1) is 33.2. The molecule has 59 heavy (non-hydrogen) atoms. The molecule has 0 unspecified atom stereocenters. The number of rotatable bonds is 5. The molecule has 0 fully saturated rings. The molecule has 12 aromatic rings. The predicted octanol–water partition coefficient (Wildman–Crippen LogP) is 14.7. The molecule has 0 spiro atoms. The van der Waals surface area contributed by atoms with Crippen molar-refractivity contribution in [3.63, 3.8) is 0 Å². The van der Waals surface area contributed by atoms with Gasteiger partial charge >= 0.3 is 0 Å². The maximum Gasteiger partial charge on any atom is 0.164 e. The van der Waals surface area contributed by atoms with E-state index < -0.39 is 0 Å². The molecule has 0 N–H and O–H groups in total. The average molecular weight is 752 g/mol. The molecular weight excluding hydrogens is 719 g/mol. The highest BCUT2D eigenvalue weighted by Crippen LogP contribution is 2.44. The Labute approximate surface area is 339 Å². The van der Waals surface area contributed by atoms with Gasteiger partial charge in [-0.25, -0.2) is 15.0 Å². The third kappa shape index (κ3) is 5.34. The summed E-state index contributed by atoms with van der Waals surface area (Å²) in [5, 5.41) is 11.6. The molecule has 0 aliphatic heterocycles. The van der Waals surface area contributed by atoms with E-state index in [1.165, 1.54) is 49.0 Å². The molecule has 0 amide bonds. The Balaban J connectivity index is 1.10. The van der Waals surface area contributed by atoms with Crippen LogP contribution in [0.2, 0.25) is 0 Å². The molecule has 274 valence electrons. The van der Waals surface area contributed by atoms with E-state index in [2.05, 4.69) is 152 Å². The molecule has 0 bridgehead atoms. The largest absolute Gasteiger partial charge is 0.456 e. The first-order chi connectivity index (χ1) is 29.3. The molecule has 10 aromatic carbocycles. The highest BCUT2D eigenvalue weighted by Gasteiger charge is 2.21. The highest BCUT2D eigenvalue weighted by molar-refractivity contribution is 6.25. The Kier molecular flexibility index (Phi) is 7.50. The fraction of sp³-hybridized carbons (Fsp3) is 0. The van der Waals surface area contributed by atoms with Crippen LogP contribution >= 0.6 is 0 Å². The molecule has 12 rings (SSSR count). The first-order valence-corrected chi connectivity index (χ1v) is 19.9. The van der Waals surface area contributed by atoms with E-state index in [9.17, 15) is 0 Å². The Hall–Kier alpha value is -7.95. The standard InChI is InChI=1S/C55H33N3O/c1-3-16-34(17-4-1)46-32-48-41-25-12-11-24-40(41)47(33-49(48)39-23-10-9-22-38(39)46)42-30-31-43(37-21-8-7-20-36(37)42)54-56-53(35-18-5-2-6-19-35)57-55(58-54)45-27-15-29-51-52(45)44-26-13-14-28-50(44)59-51/h1-33H. The van der Waals surface area contributed by atoms with Gasteiger partial charge < -0.3 is 4.42 Å². The minimum absolute atomic E-state index is 0.599. The van der Waals surface area contributed by atoms with Crippen molar-refractivity contribution < 1.29 is 4.42 Å². The van der Waals surface area contributed by atoms with Crippen molar-refractivity contribution in [2.75, 3.05) is 0 Å². The molecule has 0 radical (unpaired) electrons. The van der Waals surface area contributed by atoms with Crippen molar-refractivity contribution in [1.82, 2.24) is 15.0 Å². The normalized spacial score (nSPS) is 11.7. The molecule has 0 saturated carbocycles. The zero-order chi connectivity index (χ0) is 38.9. The van der Waals surface area contributed by atoms with Gasteiger partial charge in [-0.05, 0) is 95.7 Å². The fourth-order valence-corrected chi connectivity index (χ4v) is 9.05. The zero-order valence-corrected chi connectivity index (χ0v) is 31.8. The van der Waals surface area contributed by atoms with E-state index in [-0.39, 0.29) is 0 Å². The number of hydrogen-bond acceptors (Lipinski definition) is 4. The van der Waals surface area contributed by atoms with Gasteiger partial charge in [-0.2, -0.15) is 0 Å². The second-order valence-electron chi connectivity index (χ2n) is 15.1. The summed E-state index contributed by atoms with van der Waals surface area (Å²) in [4.78, 5) is 15.6. The van der Waals surface area contributed by atoms with Crippen molar-refractivity contribution in [3.8, 4) is 56.4 Å². The van der Waals surface area contributed by atoms with Gasteiger partial charge in [0.1, 0.15) is 11.2 Å². The zero-order valence-electron chi connectivity index (χ0n) is 31.8. The molecule has 2 aromatic heterocycles. The lowest BCUT2D eigenvalue weighted by Gasteiger charge is -2.18. The Morgan fingerprint density at radius 1 is 0.254 bits per heavy atom. The SMILES string of the molecule is c1ccc(-c2nc(-c3ccc(-c4cc5c6ccccc6c(-c6ccccc6)cc5c5ccccc45)c4ccccc34)nc(-c3cccc4oc5ccccc5c34)n2)cc1. The maximum absolute atomic E-state index is 6.29. The van der Waals surface area contributed by atoms with E-state index >= 15 is 0 Å². The summed E-state index contributed by atoms with van der Waals surface area (Å²) in [5.41, 5.74) is 9.20. The van der Waals surface area contributed by atoms with Crippen molar-refractivity contribution >= 4 is 65.0 Å². The summed E-state index contributed by atoms with van der Waals surface area (Å²) >= 11 is 0. The van der Waals surface area contributed by atoms with Gasteiger partial charge in [-0.3, -0.25) is 0 Å².